The molecule has 1 fully saturated rings. The van der Waals surface area contributed by atoms with Gasteiger partial charge in [0, 0.05) is 26.1 Å². The van der Waals surface area contributed by atoms with E-state index in [-0.39, 0.29) is 0 Å². The molecule has 0 aliphatic carbocycles. The SMILES string of the molecule is CCCC1CCC(=O)N(CCCCCCO)CC1. The van der Waals surface area contributed by atoms with Crippen LogP contribution >= 0.6 is 0 Å². The Balaban J connectivity index is 2.21. The van der Waals surface area contributed by atoms with E-state index in [0.717, 1.165) is 57.5 Å². The maximum Gasteiger partial charge on any atom is 0.222 e. The molecule has 1 rings (SSSR count). The highest BCUT2D eigenvalue weighted by Gasteiger charge is 2.21. The fourth-order valence-corrected chi connectivity index (χ4v) is 2.79. The van der Waals surface area contributed by atoms with Gasteiger partial charge < -0.3 is 10.0 Å². The molecular formula is C15H29NO2. The van der Waals surface area contributed by atoms with Crippen LogP contribution in [0.25, 0.3) is 0 Å². The lowest BCUT2D eigenvalue weighted by Crippen LogP contribution is -2.31. The van der Waals surface area contributed by atoms with Crippen LogP contribution < -0.4 is 0 Å². The molecule has 0 aromatic carbocycles. The Morgan fingerprint density at radius 3 is 2.72 bits per heavy atom. The van der Waals surface area contributed by atoms with E-state index < -0.39 is 0 Å². The number of unbranched alkanes of at least 4 members (excludes halogenated alkanes) is 3. The number of likely N-dealkylation sites (tertiary alicyclic amines) is 1. The Labute approximate surface area is 112 Å². The zero-order valence-electron chi connectivity index (χ0n) is 11.9. The van der Waals surface area contributed by atoms with E-state index in [9.17, 15) is 4.79 Å². The standard InChI is InChI=1S/C15H29NO2/c1-2-7-14-8-9-15(18)16(12-10-14)11-5-3-4-6-13-17/h14,17H,2-13H2,1H3. The first-order chi connectivity index (χ1) is 8.77. The van der Waals surface area contributed by atoms with Crippen molar-refractivity contribution in [1.29, 1.82) is 0 Å². The summed E-state index contributed by atoms with van der Waals surface area (Å²) in [5.41, 5.74) is 0. The van der Waals surface area contributed by atoms with Crippen molar-refractivity contribution in [3.8, 4) is 0 Å². The van der Waals surface area contributed by atoms with E-state index >= 15 is 0 Å². The second-order valence-corrected chi connectivity index (χ2v) is 5.50. The normalized spacial score (nSPS) is 21.1. The van der Waals surface area contributed by atoms with Crippen LogP contribution in [0.2, 0.25) is 0 Å². The van der Waals surface area contributed by atoms with Gasteiger partial charge in [0.15, 0.2) is 0 Å². The van der Waals surface area contributed by atoms with Crippen molar-refractivity contribution in [2.45, 2.75) is 64.7 Å². The Kier molecular flexibility index (Phi) is 8.06. The van der Waals surface area contributed by atoms with Gasteiger partial charge >= 0.3 is 0 Å². The smallest absolute Gasteiger partial charge is 0.222 e. The predicted octanol–water partition coefficient (Wildman–Crippen LogP) is 2.97. The summed E-state index contributed by atoms with van der Waals surface area (Å²) in [4.78, 5) is 14.0. The van der Waals surface area contributed by atoms with Crippen molar-refractivity contribution >= 4 is 5.91 Å². The van der Waals surface area contributed by atoms with Crippen LogP contribution in [0, 0.1) is 5.92 Å². The molecule has 1 aliphatic rings. The first-order valence-corrected chi connectivity index (χ1v) is 7.66. The molecule has 3 heteroatoms. The zero-order chi connectivity index (χ0) is 13.2. The summed E-state index contributed by atoms with van der Waals surface area (Å²) in [6.45, 7) is 4.40. The van der Waals surface area contributed by atoms with E-state index in [2.05, 4.69) is 11.8 Å². The lowest BCUT2D eigenvalue weighted by atomic mass is 9.96. The number of aliphatic hydroxyl groups is 1. The van der Waals surface area contributed by atoms with Gasteiger partial charge in [0.25, 0.3) is 0 Å². The van der Waals surface area contributed by atoms with Gasteiger partial charge in [0.1, 0.15) is 0 Å². The third-order valence-corrected chi connectivity index (χ3v) is 3.96. The molecule has 3 nitrogen and oxygen atoms in total. The van der Waals surface area contributed by atoms with Gasteiger partial charge in [-0.3, -0.25) is 4.79 Å². The van der Waals surface area contributed by atoms with Gasteiger partial charge in [-0.25, -0.2) is 0 Å². The molecular weight excluding hydrogens is 226 g/mol. The zero-order valence-corrected chi connectivity index (χ0v) is 11.9. The number of aliphatic hydroxyl groups excluding tert-OH is 1. The molecule has 0 bridgehead atoms. The highest BCUT2D eigenvalue weighted by atomic mass is 16.2. The molecule has 1 saturated heterocycles. The summed E-state index contributed by atoms with van der Waals surface area (Å²) in [5, 5.41) is 8.71. The lowest BCUT2D eigenvalue weighted by molar-refractivity contribution is -0.130. The van der Waals surface area contributed by atoms with Crippen molar-refractivity contribution in [3.05, 3.63) is 0 Å². The fourth-order valence-electron chi connectivity index (χ4n) is 2.79. The Morgan fingerprint density at radius 2 is 2.00 bits per heavy atom. The van der Waals surface area contributed by atoms with E-state index in [4.69, 9.17) is 5.11 Å². The monoisotopic (exact) mass is 255 g/mol. The highest BCUT2D eigenvalue weighted by molar-refractivity contribution is 5.76. The summed E-state index contributed by atoms with van der Waals surface area (Å²) in [6.07, 6.45) is 9.74. The van der Waals surface area contributed by atoms with Crippen molar-refractivity contribution in [2.75, 3.05) is 19.7 Å². The van der Waals surface area contributed by atoms with Gasteiger partial charge in [-0.2, -0.15) is 0 Å². The third-order valence-electron chi connectivity index (χ3n) is 3.96. The molecule has 0 saturated carbocycles. The summed E-state index contributed by atoms with van der Waals surface area (Å²) in [7, 11) is 0. The molecule has 1 aliphatic heterocycles. The number of amides is 1. The number of carbonyl (C=O) groups is 1. The lowest BCUT2D eigenvalue weighted by Gasteiger charge is -2.20. The maximum absolute atomic E-state index is 12.0. The first-order valence-electron chi connectivity index (χ1n) is 7.66. The summed E-state index contributed by atoms with van der Waals surface area (Å²) >= 11 is 0. The molecule has 0 aromatic rings. The number of nitrogens with zero attached hydrogens (tertiary/aromatic N) is 1. The number of rotatable bonds is 8. The number of carbonyl (C=O) groups excluding carboxylic acids is 1. The van der Waals surface area contributed by atoms with Crippen LogP contribution in [0.1, 0.15) is 64.7 Å². The molecule has 0 aromatic heterocycles. The first kappa shape index (κ1) is 15.5. The number of hydrogen-bond donors (Lipinski definition) is 1. The van der Waals surface area contributed by atoms with Crippen LogP contribution in [-0.4, -0.2) is 35.6 Å². The second-order valence-electron chi connectivity index (χ2n) is 5.50. The molecule has 1 N–H and O–H groups in total. The van der Waals surface area contributed by atoms with Crippen LogP contribution in [0.15, 0.2) is 0 Å². The molecule has 1 atom stereocenters. The summed E-state index contributed by atoms with van der Waals surface area (Å²) < 4.78 is 0. The quantitative estimate of drug-likeness (QED) is 0.677. The Morgan fingerprint density at radius 1 is 1.22 bits per heavy atom. The minimum Gasteiger partial charge on any atom is -0.396 e. The number of hydrogen-bond acceptors (Lipinski definition) is 2. The van der Waals surface area contributed by atoms with Gasteiger partial charge in [-0.05, 0) is 31.6 Å². The molecule has 0 radical (unpaired) electrons. The second kappa shape index (κ2) is 9.37. The van der Waals surface area contributed by atoms with Crippen LogP contribution in [0.3, 0.4) is 0 Å². The van der Waals surface area contributed by atoms with Crippen molar-refractivity contribution < 1.29 is 9.90 Å². The van der Waals surface area contributed by atoms with Crippen molar-refractivity contribution in [1.82, 2.24) is 4.90 Å². The van der Waals surface area contributed by atoms with E-state index in [0.29, 0.717) is 12.5 Å². The van der Waals surface area contributed by atoms with Gasteiger partial charge in [-0.1, -0.05) is 32.6 Å². The largest absolute Gasteiger partial charge is 0.396 e. The average molecular weight is 255 g/mol. The Hall–Kier alpha value is -0.570. The molecule has 1 heterocycles. The van der Waals surface area contributed by atoms with Crippen molar-refractivity contribution in [3.63, 3.8) is 0 Å². The minimum absolute atomic E-state index is 0.293. The summed E-state index contributed by atoms with van der Waals surface area (Å²) in [6, 6.07) is 0. The minimum atomic E-state index is 0.293. The summed E-state index contributed by atoms with van der Waals surface area (Å²) in [5.74, 6) is 1.12. The van der Waals surface area contributed by atoms with Crippen LogP contribution in [-0.2, 0) is 4.79 Å². The van der Waals surface area contributed by atoms with E-state index in [1.165, 1.54) is 19.3 Å². The fraction of sp³-hybridized carbons (Fsp3) is 0.933. The van der Waals surface area contributed by atoms with E-state index in [1.807, 2.05) is 0 Å². The third kappa shape index (κ3) is 5.85. The molecule has 1 unspecified atom stereocenters. The average Bonchev–Trinajstić information content (AvgIpc) is 2.54. The van der Waals surface area contributed by atoms with Gasteiger partial charge in [0.2, 0.25) is 5.91 Å². The van der Waals surface area contributed by atoms with Crippen LogP contribution in [0.4, 0.5) is 0 Å². The molecule has 1 amide bonds. The van der Waals surface area contributed by atoms with E-state index in [1.54, 1.807) is 0 Å². The Bertz CT molecular complexity index is 231. The molecule has 106 valence electrons. The topological polar surface area (TPSA) is 40.5 Å². The molecule has 18 heavy (non-hydrogen) atoms. The van der Waals surface area contributed by atoms with Crippen molar-refractivity contribution in [2.24, 2.45) is 5.92 Å². The molecule has 0 spiro atoms. The van der Waals surface area contributed by atoms with Gasteiger partial charge in [0.05, 0.1) is 0 Å². The van der Waals surface area contributed by atoms with Crippen LogP contribution in [0.5, 0.6) is 0 Å². The maximum atomic E-state index is 12.0. The predicted molar refractivity (Wildman–Crippen MR) is 74.4 cm³/mol. The highest BCUT2D eigenvalue weighted by Crippen LogP contribution is 2.22. The van der Waals surface area contributed by atoms with Gasteiger partial charge in [-0.15, -0.1) is 0 Å².